The molecule has 0 fully saturated rings. The monoisotopic (exact) mass is 270 g/mol. The lowest BCUT2D eigenvalue weighted by Gasteiger charge is -2.12. The second kappa shape index (κ2) is 5.00. The number of fused-ring (bicyclic) bond motifs is 1. The van der Waals surface area contributed by atoms with Gasteiger partial charge in [-0.05, 0) is 32.0 Å². The highest BCUT2D eigenvalue weighted by molar-refractivity contribution is 5.77. The molecule has 0 aliphatic carbocycles. The number of rotatable bonds is 4. The molecule has 0 amide bonds. The second-order valence-electron chi connectivity index (χ2n) is 5.15. The van der Waals surface area contributed by atoms with Gasteiger partial charge in [0, 0.05) is 24.8 Å². The summed E-state index contributed by atoms with van der Waals surface area (Å²) in [5, 5.41) is 3.40. The highest BCUT2D eigenvalue weighted by atomic mass is 16.3. The number of nitrogens with one attached hydrogen (secondary N) is 1. The Morgan fingerprint density at radius 3 is 3.00 bits per heavy atom. The Morgan fingerprint density at radius 2 is 2.20 bits per heavy atom. The van der Waals surface area contributed by atoms with Crippen LogP contribution in [-0.2, 0) is 6.54 Å². The summed E-state index contributed by atoms with van der Waals surface area (Å²) in [7, 11) is 0. The van der Waals surface area contributed by atoms with Crippen molar-refractivity contribution < 1.29 is 4.42 Å². The number of oxazole rings is 1. The molecule has 5 heteroatoms. The summed E-state index contributed by atoms with van der Waals surface area (Å²) in [6, 6.07) is 6.36. The summed E-state index contributed by atoms with van der Waals surface area (Å²) in [5.41, 5.74) is 3.89. The Morgan fingerprint density at radius 1 is 1.35 bits per heavy atom. The van der Waals surface area contributed by atoms with Gasteiger partial charge in [0.1, 0.15) is 5.52 Å². The SMILES string of the molecule is Cc1nc2cc(NCc3cncn3C(C)C)ccc2o1. The van der Waals surface area contributed by atoms with Crippen LogP contribution in [0.2, 0.25) is 0 Å². The fourth-order valence-electron chi connectivity index (χ4n) is 2.28. The lowest BCUT2D eigenvalue weighted by molar-refractivity contribution is 0.561. The highest BCUT2D eigenvalue weighted by Gasteiger charge is 2.06. The molecule has 3 rings (SSSR count). The summed E-state index contributed by atoms with van der Waals surface area (Å²) in [6.45, 7) is 6.89. The molecule has 0 saturated heterocycles. The summed E-state index contributed by atoms with van der Waals surface area (Å²) >= 11 is 0. The van der Waals surface area contributed by atoms with Gasteiger partial charge in [0.25, 0.3) is 0 Å². The number of imidazole rings is 1. The second-order valence-corrected chi connectivity index (χ2v) is 5.15. The third-order valence-electron chi connectivity index (χ3n) is 3.27. The van der Waals surface area contributed by atoms with Crippen LogP contribution in [0.1, 0.15) is 31.5 Å². The van der Waals surface area contributed by atoms with Crippen LogP contribution in [0.5, 0.6) is 0 Å². The van der Waals surface area contributed by atoms with Crippen LogP contribution in [-0.4, -0.2) is 14.5 Å². The van der Waals surface area contributed by atoms with Crippen molar-refractivity contribution in [3.8, 4) is 0 Å². The third-order valence-corrected chi connectivity index (χ3v) is 3.27. The Balaban J connectivity index is 1.77. The average Bonchev–Trinajstić information content (AvgIpc) is 3.00. The van der Waals surface area contributed by atoms with Crippen LogP contribution in [0.3, 0.4) is 0 Å². The number of hydrogen-bond acceptors (Lipinski definition) is 4. The van der Waals surface area contributed by atoms with Gasteiger partial charge in [0.05, 0.1) is 18.6 Å². The third kappa shape index (κ3) is 2.39. The maximum Gasteiger partial charge on any atom is 0.192 e. The van der Waals surface area contributed by atoms with Crippen molar-refractivity contribution in [2.24, 2.45) is 0 Å². The molecular formula is C15H18N4O. The van der Waals surface area contributed by atoms with Gasteiger partial charge in [0.2, 0.25) is 0 Å². The Kier molecular flexibility index (Phi) is 3.18. The fourth-order valence-corrected chi connectivity index (χ4v) is 2.28. The lowest BCUT2D eigenvalue weighted by atomic mass is 10.2. The Bertz CT molecular complexity index is 726. The molecule has 0 atom stereocenters. The number of benzene rings is 1. The van der Waals surface area contributed by atoms with Gasteiger partial charge in [0.15, 0.2) is 11.5 Å². The van der Waals surface area contributed by atoms with E-state index in [-0.39, 0.29) is 0 Å². The zero-order valence-electron chi connectivity index (χ0n) is 11.9. The van der Waals surface area contributed by atoms with Gasteiger partial charge in [-0.25, -0.2) is 9.97 Å². The Labute approximate surface area is 117 Å². The smallest absolute Gasteiger partial charge is 0.192 e. The molecule has 104 valence electrons. The van der Waals surface area contributed by atoms with Crippen LogP contribution < -0.4 is 5.32 Å². The van der Waals surface area contributed by atoms with Gasteiger partial charge in [-0.15, -0.1) is 0 Å². The van der Waals surface area contributed by atoms with Gasteiger partial charge in [-0.1, -0.05) is 0 Å². The zero-order valence-corrected chi connectivity index (χ0v) is 11.9. The minimum Gasteiger partial charge on any atom is -0.441 e. The van der Waals surface area contributed by atoms with Gasteiger partial charge in [-0.2, -0.15) is 0 Å². The van der Waals surface area contributed by atoms with Crippen molar-refractivity contribution in [1.29, 1.82) is 0 Å². The summed E-state index contributed by atoms with van der Waals surface area (Å²) in [4.78, 5) is 8.54. The predicted molar refractivity (Wildman–Crippen MR) is 78.7 cm³/mol. The van der Waals surface area contributed by atoms with Gasteiger partial charge < -0.3 is 14.3 Å². The van der Waals surface area contributed by atoms with E-state index in [9.17, 15) is 0 Å². The normalized spacial score (nSPS) is 11.4. The molecule has 1 N–H and O–H groups in total. The quantitative estimate of drug-likeness (QED) is 0.788. The van der Waals surface area contributed by atoms with E-state index < -0.39 is 0 Å². The molecule has 3 aromatic rings. The first-order valence-corrected chi connectivity index (χ1v) is 6.75. The van der Waals surface area contributed by atoms with Crippen LogP contribution in [0.4, 0.5) is 5.69 Å². The van der Waals surface area contributed by atoms with E-state index in [1.807, 2.05) is 37.6 Å². The molecule has 5 nitrogen and oxygen atoms in total. The van der Waals surface area contributed by atoms with Gasteiger partial charge >= 0.3 is 0 Å². The van der Waals surface area contributed by atoms with E-state index in [0.717, 1.165) is 29.0 Å². The van der Waals surface area contributed by atoms with Crippen LogP contribution in [0.15, 0.2) is 35.1 Å². The molecule has 20 heavy (non-hydrogen) atoms. The van der Waals surface area contributed by atoms with E-state index in [4.69, 9.17) is 4.42 Å². The summed E-state index contributed by atoms with van der Waals surface area (Å²) in [6.07, 6.45) is 3.76. The molecule has 0 aliphatic rings. The molecule has 2 heterocycles. The lowest BCUT2D eigenvalue weighted by Crippen LogP contribution is -2.08. The van der Waals surface area contributed by atoms with Gasteiger partial charge in [-0.3, -0.25) is 0 Å². The van der Waals surface area contributed by atoms with Crippen molar-refractivity contribution in [2.45, 2.75) is 33.4 Å². The molecule has 0 unspecified atom stereocenters. The van der Waals surface area contributed by atoms with Crippen molar-refractivity contribution in [3.05, 3.63) is 42.3 Å². The van der Waals surface area contributed by atoms with Crippen LogP contribution in [0.25, 0.3) is 11.1 Å². The Hall–Kier alpha value is -2.30. The maximum atomic E-state index is 5.47. The predicted octanol–water partition coefficient (Wildman–Crippen LogP) is 3.53. The zero-order chi connectivity index (χ0) is 14.1. The number of hydrogen-bond donors (Lipinski definition) is 1. The minimum atomic E-state index is 0.412. The standard InChI is InChI=1S/C15H18N4O/c1-10(2)19-9-16-7-13(19)8-17-12-4-5-15-14(6-12)18-11(3)20-15/h4-7,9-10,17H,8H2,1-3H3. The molecule has 1 aromatic carbocycles. The molecular weight excluding hydrogens is 252 g/mol. The molecule has 2 aromatic heterocycles. The largest absolute Gasteiger partial charge is 0.441 e. The van der Waals surface area contributed by atoms with Crippen molar-refractivity contribution >= 4 is 16.8 Å². The fraction of sp³-hybridized carbons (Fsp3) is 0.333. The minimum absolute atomic E-state index is 0.412. The molecule has 0 spiro atoms. The van der Waals surface area contributed by atoms with Crippen molar-refractivity contribution in [1.82, 2.24) is 14.5 Å². The van der Waals surface area contributed by atoms with E-state index in [1.54, 1.807) is 0 Å². The van der Waals surface area contributed by atoms with E-state index in [1.165, 1.54) is 0 Å². The van der Waals surface area contributed by atoms with E-state index in [0.29, 0.717) is 11.9 Å². The first-order valence-electron chi connectivity index (χ1n) is 6.75. The number of aryl methyl sites for hydroxylation is 1. The number of nitrogens with zero attached hydrogens (tertiary/aromatic N) is 3. The van der Waals surface area contributed by atoms with Crippen molar-refractivity contribution in [3.63, 3.8) is 0 Å². The summed E-state index contributed by atoms with van der Waals surface area (Å²) < 4.78 is 7.63. The first-order chi connectivity index (χ1) is 9.63. The van der Waals surface area contributed by atoms with Crippen LogP contribution in [0, 0.1) is 6.92 Å². The molecule has 0 aliphatic heterocycles. The van der Waals surface area contributed by atoms with Crippen LogP contribution >= 0.6 is 0 Å². The average molecular weight is 270 g/mol. The number of aromatic nitrogens is 3. The first kappa shape index (κ1) is 12.7. The topological polar surface area (TPSA) is 55.9 Å². The van der Waals surface area contributed by atoms with Crippen molar-refractivity contribution in [2.75, 3.05) is 5.32 Å². The highest BCUT2D eigenvalue weighted by Crippen LogP contribution is 2.20. The van der Waals surface area contributed by atoms with E-state index in [2.05, 4.69) is 33.7 Å². The van der Waals surface area contributed by atoms with E-state index >= 15 is 0 Å². The summed E-state index contributed by atoms with van der Waals surface area (Å²) in [5.74, 6) is 0.690. The maximum absolute atomic E-state index is 5.47. The molecule has 0 radical (unpaired) electrons. The molecule has 0 saturated carbocycles. The molecule has 0 bridgehead atoms. The number of anilines is 1.